The number of hydrogen-bond donors (Lipinski definition) is 2. The molecule has 0 aromatic carbocycles. The Balaban J connectivity index is 2.40. The summed E-state index contributed by atoms with van der Waals surface area (Å²) in [5.41, 5.74) is 6.25. The Kier molecular flexibility index (Phi) is 4.81. The average molecular weight is 226 g/mol. The molecule has 0 bridgehead atoms. The summed E-state index contributed by atoms with van der Waals surface area (Å²) in [4.78, 5) is 0. The van der Waals surface area contributed by atoms with Crippen LogP contribution in [0.2, 0.25) is 0 Å². The second kappa shape index (κ2) is 5.50. The van der Waals surface area contributed by atoms with Gasteiger partial charge in [-0.2, -0.15) is 0 Å². The van der Waals surface area contributed by atoms with Crippen LogP contribution in [-0.4, -0.2) is 18.6 Å². The van der Waals surface area contributed by atoms with Gasteiger partial charge in [0, 0.05) is 12.1 Å². The molecule has 0 atom stereocenters. The van der Waals surface area contributed by atoms with Crippen molar-refractivity contribution < 1.29 is 0 Å². The van der Waals surface area contributed by atoms with Crippen molar-refractivity contribution in [2.75, 3.05) is 13.1 Å². The first-order valence-electron chi connectivity index (χ1n) is 6.82. The first-order chi connectivity index (χ1) is 7.37. The lowest BCUT2D eigenvalue weighted by atomic mass is 9.77. The molecule has 0 radical (unpaired) electrons. The third-order valence-electron chi connectivity index (χ3n) is 4.25. The van der Waals surface area contributed by atoms with Crippen molar-refractivity contribution in [1.29, 1.82) is 0 Å². The van der Waals surface area contributed by atoms with Gasteiger partial charge in [0.15, 0.2) is 0 Å². The van der Waals surface area contributed by atoms with Crippen LogP contribution in [-0.2, 0) is 0 Å². The zero-order chi connectivity index (χ0) is 12.2. The van der Waals surface area contributed by atoms with Gasteiger partial charge in [0.1, 0.15) is 0 Å². The van der Waals surface area contributed by atoms with Crippen LogP contribution in [0.25, 0.3) is 0 Å². The monoisotopic (exact) mass is 226 g/mol. The molecule has 3 N–H and O–H groups in total. The Morgan fingerprint density at radius 1 is 1.12 bits per heavy atom. The molecular formula is C14H30N2. The van der Waals surface area contributed by atoms with Gasteiger partial charge in [-0.05, 0) is 51.0 Å². The van der Waals surface area contributed by atoms with Crippen molar-refractivity contribution in [2.24, 2.45) is 17.1 Å². The van der Waals surface area contributed by atoms with Gasteiger partial charge in [-0.1, -0.05) is 26.7 Å². The molecule has 2 heteroatoms. The van der Waals surface area contributed by atoms with E-state index < -0.39 is 0 Å². The first kappa shape index (κ1) is 14.0. The molecule has 0 unspecified atom stereocenters. The van der Waals surface area contributed by atoms with Crippen molar-refractivity contribution in [3.05, 3.63) is 0 Å². The van der Waals surface area contributed by atoms with Gasteiger partial charge in [0.2, 0.25) is 0 Å². The van der Waals surface area contributed by atoms with E-state index in [1.54, 1.807) is 0 Å². The summed E-state index contributed by atoms with van der Waals surface area (Å²) in [6.07, 6.45) is 6.76. The second-order valence-electron chi connectivity index (χ2n) is 6.75. The van der Waals surface area contributed by atoms with E-state index in [9.17, 15) is 0 Å². The van der Waals surface area contributed by atoms with Crippen molar-refractivity contribution in [1.82, 2.24) is 5.32 Å². The third kappa shape index (κ3) is 4.06. The SMILES string of the molecule is CC(C)(CCN)NCC(C)(C)C1CCCC1. The van der Waals surface area contributed by atoms with E-state index >= 15 is 0 Å². The summed E-state index contributed by atoms with van der Waals surface area (Å²) in [7, 11) is 0. The molecule has 2 nitrogen and oxygen atoms in total. The fourth-order valence-electron chi connectivity index (χ4n) is 2.77. The zero-order valence-electron chi connectivity index (χ0n) is 11.6. The van der Waals surface area contributed by atoms with Gasteiger partial charge < -0.3 is 11.1 Å². The van der Waals surface area contributed by atoms with Crippen molar-refractivity contribution >= 4 is 0 Å². The minimum absolute atomic E-state index is 0.185. The van der Waals surface area contributed by atoms with Crippen LogP contribution in [0.5, 0.6) is 0 Å². The smallest absolute Gasteiger partial charge is 0.0137 e. The highest BCUT2D eigenvalue weighted by atomic mass is 15.0. The highest BCUT2D eigenvalue weighted by Gasteiger charge is 2.32. The first-order valence-corrected chi connectivity index (χ1v) is 6.82. The van der Waals surface area contributed by atoms with Crippen LogP contribution in [0.1, 0.15) is 59.8 Å². The quantitative estimate of drug-likeness (QED) is 0.731. The molecule has 1 aliphatic rings. The third-order valence-corrected chi connectivity index (χ3v) is 4.25. The Morgan fingerprint density at radius 2 is 1.69 bits per heavy atom. The van der Waals surface area contributed by atoms with Gasteiger partial charge in [-0.25, -0.2) is 0 Å². The van der Waals surface area contributed by atoms with E-state index in [1.165, 1.54) is 25.7 Å². The van der Waals surface area contributed by atoms with E-state index in [4.69, 9.17) is 5.73 Å². The number of nitrogens with two attached hydrogens (primary N) is 1. The Morgan fingerprint density at radius 3 is 2.19 bits per heavy atom. The molecule has 16 heavy (non-hydrogen) atoms. The summed E-state index contributed by atoms with van der Waals surface area (Å²) >= 11 is 0. The molecule has 1 saturated carbocycles. The summed E-state index contributed by atoms with van der Waals surface area (Å²) in [6.45, 7) is 11.2. The number of rotatable bonds is 6. The van der Waals surface area contributed by atoms with Crippen LogP contribution >= 0.6 is 0 Å². The van der Waals surface area contributed by atoms with Crippen LogP contribution in [0, 0.1) is 11.3 Å². The topological polar surface area (TPSA) is 38.0 Å². The van der Waals surface area contributed by atoms with E-state index in [-0.39, 0.29) is 5.54 Å². The minimum Gasteiger partial charge on any atom is -0.330 e. The number of nitrogens with one attached hydrogen (secondary N) is 1. The predicted octanol–water partition coefficient (Wildman–Crippen LogP) is 2.92. The second-order valence-corrected chi connectivity index (χ2v) is 6.75. The van der Waals surface area contributed by atoms with Crippen molar-refractivity contribution in [3.63, 3.8) is 0 Å². The molecule has 0 aromatic rings. The summed E-state index contributed by atoms with van der Waals surface area (Å²) in [5.74, 6) is 0.911. The lowest BCUT2D eigenvalue weighted by molar-refractivity contribution is 0.183. The summed E-state index contributed by atoms with van der Waals surface area (Å²) in [6, 6.07) is 0. The highest BCUT2D eigenvalue weighted by molar-refractivity contribution is 4.87. The zero-order valence-corrected chi connectivity index (χ0v) is 11.6. The van der Waals surface area contributed by atoms with Crippen LogP contribution in [0.3, 0.4) is 0 Å². The van der Waals surface area contributed by atoms with E-state index in [1.807, 2.05) is 0 Å². The molecular weight excluding hydrogens is 196 g/mol. The maximum Gasteiger partial charge on any atom is 0.0137 e. The van der Waals surface area contributed by atoms with Gasteiger partial charge >= 0.3 is 0 Å². The normalized spacial score (nSPS) is 19.3. The predicted molar refractivity (Wildman–Crippen MR) is 71.5 cm³/mol. The Labute approximate surface area is 101 Å². The minimum atomic E-state index is 0.185. The standard InChI is InChI=1S/C14H30N2/c1-13(2,12-7-5-6-8-12)11-16-14(3,4)9-10-15/h12,16H,5-11,15H2,1-4H3. The lowest BCUT2D eigenvalue weighted by Gasteiger charge is -2.36. The molecule has 1 fully saturated rings. The number of hydrogen-bond acceptors (Lipinski definition) is 2. The Hall–Kier alpha value is -0.0800. The molecule has 1 rings (SSSR count). The largest absolute Gasteiger partial charge is 0.330 e. The van der Waals surface area contributed by atoms with Crippen LogP contribution in [0.4, 0.5) is 0 Å². The van der Waals surface area contributed by atoms with E-state index in [0.29, 0.717) is 5.41 Å². The molecule has 0 aliphatic heterocycles. The summed E-state index contributed by atoms with van der Waals surface area (Å²) in [5, 5.41) is 3.70. The molecule has 0 amide bonds. The average Bonchev–Trinajstić information content (AvgIpc) is 2.68. The van der Waals surface area contributed by atoms with Crippen molar-refractivity contribution in [2.45, 2.75) is 65.3 Å². The molecule has 0 heterocycles. The van der Waals surface area contributed by atoms with E-state index in [2.05, 4.69) is 33.0 Å². The van der Waals surface area contributed by atoms with Crippen molar-refractivity contribution in [3.8, 4) is 0 Å². The maximum absolute atomic E-state index is 5.64. The molecule has 0 aromatic heterocycles. The Bertz CT molecular complexity index is 203. The highest BCUT2D eigenvalue weighted by Crippen LogP contribution is 2.39. The van der Waals surface area contributed by atoms with E-state index in [0.717, 1.165) is 25.4 Å². The lowest BCUT2D eigenvalue weighted by Crippen LogP contribution is -2.47. The van der Waals surface area contributed by atoms with Crippen LogP contribution < -0.4 is 11.1 Å². The van der Waals surface area contributed by atoms with Gasteiger partial charge in [-0.3, -0.25) is 0 Å². The van der Waals surface area contributed by atoms with Gasteiger partial charge in [0.25, 0.3) is 0 Å². The fourth-order valence-corrected chi connectivity index (χ4v) is 2.77. The summed E-state index contributed by atoms with van der Waals surface area (Å²) < 4.78 is 0. The van der Waals surface area contributed by atoms with Crippen LogP contribution in [0.15, 0.2) is 0 Å². The fraction of sp³-hybridized carbons (Fsp3) is 1.00. The maximum atomic E-state index is 5.64. The molecule has 1 aliphatic carbocycles. The van der Waals surface area contributed by atoms with Gasteiger partial charge in [-0.15, -0.1) is 0 Å². The molecule has 96 valence electrons. The molecule has 0 saturated heterocycles. The van der Waals surface area contributed by atoms with Gasteiger partial charge in [0.05, 0.1) is 0 Å². The molecule has 0 spiro atoms.